The van der Waals surface area contributed by atoms with Gasteiger partial charge in [-0.05, 0) is 25.0 Å². The molecule has 1 atom stereocenters. The highest BCUT2D eigenvalue weighted by atomic mass is 16.3. The molecule has 3 nitrogen and oxygen atoms in total. The van der Waals surface area contributed by atoms with Crippen molar-refractivity contribution in [3.63, 3.8) is 0 Å². The predicted molar refractivity (Wildman–Crippen MR) is 67.7 cm³/mol. The second kappa shape index (κ2) is 5.15. The second-order valence-corrected chi connectivity index (χ2v) is 4.33. The zero-order valence-corrected chi connectivity index (χ0v) is 10.3. The summed E-state index contributed by atoms with van der Waals surface area (Å²) in [5, 5.41) is 14.3. The first-order valence-electron chi connectivity index (χ1n) is 5.95. The number of aliphatic hydroxyl groups excluding tert-OH is 1. The SMILES string of the molecule is CCn1cc(CC(O)c2ccc(C)cc2)cn1. The fourth-order valence-electron chi connectivity index (χ4n) is 1.81. The summed E-state index contributed by atoms with van der Waals surface area (Å²) >= 11 is 0. The van der Waals surface area contributed by atoms with E-state index in [0.717, 1.165) is 17.7 Å². The fraction of sp³-hybridized carbons (Fsp3) is 0.357. The molecule has 0 aliphatic carbocycles. The molecule has 0 fully saturated rings. The van der Waals surface area contributed by atoms with Crippen molar-refractivity contribution < 1.29 is 5.11 Å². The quantitative estimate of drug-likeness (QED) is 0.876. The van der Waals surface area contributed by atoms with Gasteiger partial charge in [0.15, 0.2) is 0 Å². The Hall–Kier alpha value is -1.61. The molecule has 0 amide bonds. The molecule has 3 heteroatoms. The van der Waals surface area contributed by atoms with E-state index in [1.54, 1.807) is 0 Å². The number of hydrogen-bond donors (Lipinski definition) is 1. The van der Waals surface area contributed by atoms with Gasteiger partial charge in [0, 0.05) is 19.2 Å². The fourth-order valence-corrected chi connectivity index (χ4v) is 1.81. The van der Waals surface area contributed by atoms with E-state index in [1.165, 1.54) is 5.56 Å². The number of aryl methyl sites for hydroxylation is 2. The van der Waals surface area contributed by atoms with Gasteiger partial charge in [-0.15, -0.1) is 0 Å². The molecule has 0 spiro atoms. The Morgan fingerprint density at radius 2 is 2.00 bits per heavy atom. The maximum atomic E-state index is 10.1. The molecule has 1 heterocycles. The lowest BCUT2D eigenvalue weighted by atomic mass is 10.0. The van der Waals surface area contributed by atoms with Gasteiger partial charge in [-0.2, -0.15) is 5.10 Å². The lowest BCUT2D eigenvalue weighted by Gasteiger charge is -2.09. The summed E-state index contributed by atoms with van der Waals surface area (Å²) in [6, 6.07) is 8.00. The van der Waals surface area contributed by atoms with E-state index in [-0.39, 0.29) is 0 Å². The largest absolute Gasteiger partial charge is 0.388 e. The van der Waals surface area contributed by atoms with Crippen molar-refractivity contribution in [1.29, 1.82) is 0 Å². The number of benzene rings is 1. The molecular formula is C14H18N2O. The lowest BCUT2D eigenvalue weighted by molar-refractivity contribution is 0.178. The van der Waals surface area contributed by atoms with Gasteiger partial charge in [0.05, 0.1) is 12.3 Å². The van der Waals surface area contributed by atoms with E-state index in [2.05, 4.69) is 5.10 Å². The van der Waals surface area contributed by atoms with Crippen LogP contribution in [0.25, 0.3) is 0 Å². The summed E-state index contributed by atoms with van der Waals surface area (Å²) in [4.78, 5) is 0. The average molecular weight is 230 g/mol. The van der Waals surface area contributed by atoms with Gasteiger partial charge in [0.1, 0.15) is 0 Å². The first-order valence-corrected chi connectivity index (χ1v) is 5.95. The van der Waals surface area contributed by atoms with Gasteiger partial charge < -0.3 is 5.11 Å². The topological polar surface area (TPSA) is 38.0 Å². The van der Waals surface area contributed by atoms with Crippen LogP contribution >= 0.6 is 0 Å². The van der Waals surface area contributed by atoms with Gasteiger partial charge >= 0.3 is 0 Å². The minimum absolute atomic E-state index is 0.454. The Labute approximate surface area is 102 Å². The first kappa shape index (κ1) is 11.9. The van der Waals surface area contributed by atoms with E-state index in [9.17, 15) is 5.11 Å². The molecule has 1 aromatic carbocycles. The molecule has 0 radical (unpaired) electrons. The van der Waals surface area contributed by atoms with Crippen LogP contribution < -0.4 is 0 Å². The molecule has 2 aromatic rings. The van der Waals surface area contributed by atoms with Crippen molar-refractivity contribution >= 4 is 0 Å². The van der Waals surface area contributed by atoms with Gasteiger partial charge in [0.25, 0.3) is 0 Å². The first-order chi connectivity index (χ1) is 8.19. The highest BCUT2D eigenvalue weighted by molar-refractivity contribution is 5.24. The molecule has 1 unspecified atom stereocenters. The summed E-state index contributed by atoms with van der Waals surface area (Å²) in [7, 11) is 0. The summed E-state index contributed by atoms with van der Waals surface area (Å²) in [6.07, 6.45) is 3.96. The third-order valence-corrected chi connectivity index (χ3v) is 2.90. The van der Waals surface area contributed by atoms with Crippen molar-refractivity contribution in [3.8, 4) is 0 Å². The van der Waals surface area contributed by atoms with Crippen molar-refractivity contribution in [1.82, 2.24) is 9.78 Å². The third-order valence-electron chi connectivity index (χ3n) is 2.90. The monoisotopic (exact) mass is 230 g/mol. The molecule has 0 aliphatic rings. The standard InChI is InChI=1S/C14H18N2O/c1-3-16-10-12(9-15-16)8-14(17)13-6-4-11(2)5-7-13/h4-7,9-10,14,17H,3,8H2,1-2H3. The highest BCUT2D eigenvalue weighted by Crippen LogP contribution is 2.18. The van der Waals surface area contributed by atoms with E-state index in [1.807, 2.05) is 55.2 Å². The van der Waals surface area contributed by atoms with Crippen LogP contribution in [0, 0.1) is 6.92 Å². The van der Waals surface area contributed by atoms with Crippen LogP contribution in [0.15, 0.2) is 36.7 Å². The van der Waals surface area contributed by atoms with Crippen molar-refractivity contribution in [2.75, 3.05) is 0 Å². The molecule has 90 valence electrons. The van der Waals surface area contributed by atoms with Crippen LogP contribution in [0.4, 0.5) is 0 Å². The zero-order valence-electron chi connectivity index (χ0n) is 10.3. The molecular weight excluding hydrogens is 212 g/mol. The van der Waals surface area contributed by atoms with Crippen LogP contribution in [0.3, 0.4) is 0 Å². The Kier molecular flexibility index (Phi) is 3.59. The molecule has 1 aromatic heterocycles. The van der Waals surface area contributed by atoms with Crippen molar-refractivity contribution in [3.05, 3.63) is 53.3 Å². The van der Waals surface area contributed by atoms with Gasteiger partial charge in [0.2, 0.25) is 0 Å². The van der Waals surface area contributed by atoms with Crippen molar-refractivity contribution in [2.24, 2.45) is 0 Å². The van der Waals surface area contributed by atoms with E-state index < -0.39 is 6.10 Å². The van der Waals surface area contributed by atoms with Gasteiger partial charge in [-0.1, -0.05) is 29.8 Å². The molecule has 1 N–H and O–H groups in total. The van der Waals surface area contributed by atoms with Crippen LogP contribution in [-0.4, -0.2) is 14.9 Å². The second-order valence-electron chi connectivity index (χ2n) is 4.33. The summed E-state index contributed by atoms with van der Waals surface area (Å²) in [6.45, 7) is 4.95. The maximum Gasteiger partial charge on any atom is 0.0831 e. The van der Waals surface area contributed by atoms with E-state index >= 15 is 0 Å². The summed E-state index contributed by atoms with van der Waals surface area (Å²) in [5.41, 5.74) is 3.24. The normalized spacial score (nSPS) is 12.6. The van der Waals surface area contributed by atoms with Gasteiger partial charge in [-0.3, -0.25) is 4.68 Å². The number of rotatable bonds is 4. The smallest absolute Gasteiger partial charge is 0.0831 e. The highest BCUT2D eigenvalue weighted by Gasteiger charge is 2.09. The van der Waals surface area contributed by atoms with Crippen molar-refractivity contribution in [2.45, 2.75) is 32.9 Å². The molecule has 0 aliphatic heterocycles. The number of hydrogen-bond acceptors (Lipinski definition) is 2. The minimum Gasteiger partial charge on any atom is -0.388 e. The van der Waals surface area contributed by atoms with E-state index in [4.69, 9.17) is 0 Å². The molecule has 0 saturated heterocycles. The maximum absolute atomic E-state index is 10.1. The Balaban J connectivity index is 2.05. The zero-order chi connectivity index (χ0) is 12.3. The van der Waals surface area contributed by atoms with Crippen LogP contribution in [0.5, 0.6) is 0 Å². The molecule has 17 heavy (non-hydrogen) atoms. The third kappa shape index (κ3) is 2.94. The summed E-state index contributed by atoms with van der Waals surface area (Å²) in [5.74, 6) is 0. The number of aliphatic hydroxyl groups is 1. The van der Waals surface area contributed by atoms with Gasteiger partial charge in [-0.25, -0.2) is 0 Å². The Morgan fingerprint density at radius 3 is 2.59 bits per heavy atom. The van der Waals surface area contributed by atoms with Crippen LogP contribution in [-0.2, 0) is 13.0 Å². The predicted octanol–water partition coefficient (Wildman–Crippen LogP) is 2.49. The van der Waals surface area contributed by atoms with Crippen LogP contribution in [0.1, 0.15) is 29.7 Å². The number of nitrogens with zero attached hydrogens (tertiary/aromatic N) is 2. The summed E-state index contributed by atoms with van der Waals surface area (Å²) < 4.78 is 1.87. The number of aromatic nitrogens is 2. The lowest BCUT2D eigenvalue weighted by Crippen LogP contribution is -2.01. The van der Waals surface area contributed by atoms with E-state index in [0.29, 0.717) is 6.42 Å². The minimum atomic E-state index is -0.454. The Morgan fingerprint density at radius 1 is 1.29 bits per heavy atom. The Bertz CT molecular complexity index is 473. The van der Waals surface area contributed by atoms with Crippen LogP contribution in [0.2, 0.25) is 0 Å². The molecule has 0 bridgehead atoms. The average Bonchev–Trinajstić information content (AvgIpc) is 2.77. The molecule has 0 saturated carbocycles. The molecule has 2 rings (SSSR count).